The molecule has 0 amide bonds. The molecule has 4 heteroatoms. The highest BCUT2D eigenvalue weighted by molar-refractivity contribution is 5.65. The van der Waals surface area contributed by atoms with Gasteiger partial charge in [0.1, 0.15) is 12.7 Å². The molecule has 0 aromatic carbocycles. The number of carbonyl (C=O) groups is 1. The van der Waals surface area contributed by atoms with Crippen LogP contribution in [0.2, 0.25) is 0 Å². The molecule has 74 valence electrons. The fraction of sp³-hybridized carbons (Fsp3) is 0.667. The maximum Gasteiger partial charge on any atom is 0.302 e. The Bertz CT molecular complexity index is 200. The topological polar surface area (TPSA) is 44.8 Å². The smallest absolute Gasteiger partial charge is 0.302 e. The van der Waals surface area contributed by atoms with E-state index in [1.165, 1.54) is 6.92 Å². The molecule has 0 bridgehead atoms. The summed E-state index contributed by atoms with van der Waals surface area (Å²) >= 11 is 0. The van der Waals surface area contributed by atoms with E-state index in [9.17, 15) is 4.79 Å². The van der Waals surface area contributed by atoms with Crippen LogP contribution in [0.4, 0.5) is 0 Å². The number of hydrogen-bond donors (Lipinski definition) is 0. The molecule has 0 aromatic heterocycles. The summed E-state index contributed by atoms with van der Waals surface area (Å²) < 4.78 is 15.4. The summed E-state index contributed by atoms with van der Waals surface area (Å²) in [6, 6.07) is 0. The van der Waals surface area contributed by atoms with E-state index in [1.54, 1.807) is 0 Å². The Balaban J connectivity index is 2.21. The van der Waals surface area contributed by atoms with Crippen LogP contribution in [0.1, 0.15) is 13.8 Å². The average molecular weight is 186 g/mol. The zero-order chi connectivity index (χ0) is 9.68. The lowest BCUT2D eigenvalue weighted by Gasteiger charge is -2.07. The van der Waals surface area contributed by atoms with Gasteiger partial charge in [-0.05, 0) is 13.0 Å². The average Bonchev–Trinajstić information content (AvgIpc) is 2.50. The fourth-order valence-corrected chi connectivity index (χ4v) is 1.03. The Kier molecular flexibility index (Phi) is 3.92. The second kappa shape index (κ2) is 4.99. The number of ether oxygens (including phenoxy) is 3. The maximum atomic E-state index is 10.5. The molecule has 1 aliphatic heterocycles. The highest BCUT2D eigenvalue weighted by Crippen LogP contribution is 2.12. The van der Waals surface area contributed by atoms with Crippen molar-refractivity contribution in [3.8, 4) is 0 Å². The van der Waals surface area contributed by atoms with Crippen LogP contribution in [0.3, 0.4) is 0 Å². The first kappa shape index (κ1) is 10.2. The lowest BCUT2D eigenvalue weighted by Crippen LogP contribution is -2.20. The van der Waals surface area contributed by atoms with Gasteiger partial charge in [0, 0.05) is 6.92 Å². The fourth-order valence-electron chi connectivity index (χ4n) is 1.03. The van der Waals surface area contributed by atoms with Crippen LogP contribution in [-0.2, 0) is 19.0 Å². The van der Waals surface area contributed by atoms with Crippen LogP contribution in [0.25, 0.3) is 0 Å². The molecule has 13 heavy (non-hydrogen) atoms. The SMILES string of the molecule is C/C=C/[C@H]1OC[C@H](COC(C)=O)O1. The van der Waals surface area contributed by atoms with Crippen LogP contribution in [0.15, 0.2) is 12.2 Å². The Morgan fingerprint density at radius 3 is 3.08 bits per heavy atom. The molecule has 1 heterocycles. The van der Waals surface area contributed by atoms with Crippen LogP contribution in [0, 0.1) is 0 Å². The third kappa shape index (κ3) is 3.57. The van der Waals surface area contributed by atoms with E-state index in [4.69, 9.17) is 14.2 Å². The van der Waals surface area contributed by atoms with Gasteiger partial charge in [0.25, 0.3) is 0 Å². The first-order chi connectivity index (χ1) is 6.22. The number of hydrogen-bond acceptors (Lipinski definition) is 4. The third-order valence-corrected chi connectivity index (χ3v) is 1.60. The molecule has 1 saturated heterocycles. The highest BCUT2D eigenvalue weighted by atomic mass is 16.7. The van der Waals surface area contributed by atoms with Crippen molar-refractivity contribution in [1.82, 2.24) is 0 Å². The molecule has 1 fully saturated rings. The maximum absolute atomic E-state index is 10.5. The van der Waals surface area contributed by atoms with E-state index in [2.05, 4.69) is 0 Å². The molecule has 0 radical (unpaired) electrons. The van der Waals surface area contributed by atoms with E-state index < -0.39 is 0 Å². The summed E-state index contributed by atoms with van der Waals surface area (Å²) in [5, 5.41) is 0. The van der Waals surface area contributed by atoms with Gasteiger partial charge in [-0.3, -0.25) is 4.79 Å². The molecular formula is C9H14O4. The van der Waals surface area contributed by atoms with Crippen molar-refractivity contribution < 1.29 is 19.0 Å². The van der Waals surface area contributed by atoms with Gasteiger partial charge >= 0.3 is 5.97 Å². The summed E-state index contributed by atoms with van der Waals surface area (Å²) in [4.78, 5) is 10.5. The van der Waals surface area contributed by atoms with Gasteiger partial charge in [-0.15, -0.1) is 0 Å². The Morgan fingerprint density at radius 2 is 2.46 bits per heavy atom. The largest absolute Gasteiger partial charge is 0.463 e. The number of carbonyl (C=O) groups excluding carboxylic acids is 1. The van der Waals surface area contributed by atoms with Gasteiger partial charge in [0.05, 0.1) is 6.61 Å². The number of rotatable bonds is 3. The van der Waals surface area contributed by atoms with E-state index in [-0.39, 0.29) is 25.0 Å². The van der Waals surface area contributed by atoms with E-state index >= 15 is 0 Å². The normalized spacial score (nSPS) is 28.2. The summed E-state index contributed by atoms with van der Waals surface area (Å²) in [5.41, 5.74) is 0. The molecular weight excluding hydrogens is 172 g/mol. The molecule has 0 saturated carbocycles. The van der Waals surface area contributed by atoms with Crippen molar-refractivity contribution in [3.63, 3.8) is 0 Å². The summed E-state index contributed by atoms with van der Waals surface area (Å²) in [5.74, 6) is -0.293. The predicted octanol–water partition coefficient (Wildman–Crippen LogP) is 0.867. The van der Waals surface area contributed by atoms with Crippen molar-refractivity contribution >= 4 is 5.97 Å². The van der Waals surface area contributed by atoms with E-state index in [0.717, 1.165) is 0 Å². The monoisotopic (exact) mass is 186 g/mol. The van der Waals surface area contributed by atoms with Crippen molar-refractivity contribution in [2.75, 3.05) is 13.2 Å². The quantitative estimate of drug-likeness (QED) is 0.484. The lowest BCUT2D eigenvalue weighted by molar-refractivity contribution is -0.144. The lowest BCUT2D eigenvalue weighted by atomic mass is 10.4. The van der Waals surface area contributed by atoms with Crippen LogP contribution in [0.5, 0.6) is 0 Å². The molecule has 2 atom stereocenters. The van der Waals surface area contributed by atoms with E-state index in [0.29, 0.717) is 6.61 Å². The minimum atomic E-state index is -0.293. The Hall–Kier alpha value is -0.870. The molecule has 1 rings (SSSR count). The number of esters is 1. The molecule has 0 unspecified atom stereocenters. The second-order valence-electron chi connectivity index (χ2n) is 2.79. The predicted molar refractivity (Wildman–Crippen MR) is 46.1 cm³/mol. The van der Waals surface area contributed by atoms with Crippen molar-refractivity contribution in [3.05, 3.63) is 12.2 Å². The van der Waals surface area contributed by atoms with Crippen LogP contribution >= 0.6 is 0 Å². The zero-order valence-corrected chi connectivity index (χ0v) is 7.86. The van der Waals surface area contributed by atoms with Crippen LogP contribution in [-0.4, -0.2) is 31.6 Å². The third-order valence-electron chi connectivity index (χ3n) is 1.60. The first-order valence-electron chi connectivity index (χ1n) is 4.25. The van der Waals surface area contributed by atoms with Gasteiger partial charge in [0.15, 0.2) is 6.29 Å². The summed E-state index contributed by atoms with van der Waals surface area (Å²) in [7, 11) is 0. The van der Waals surface area contributed by atoms with Gasteiger partial charge < -0.3 is 14.2 Å². The molecule has 0 spiro atoms. The summed E-state index contributed by atoms with van der Waals surface area (Å²) in [6.07, 6.45) is 3.25. The first-order valence-corrected chi connectivity index (χ1v) is 4.25. The van der Waals surface area contributed by atoms with Gasteiger partial charge in [-0.1, -0.05) is 6.08 Å². The molecule has 0 N–H and O–H groups in total. The Morgan fingerprint density at radius 1 is 1.69 bits per heavy atom. The van der Waals surface area contributed by atoms with Gasteiger partial charge in [-0.2, -0.15) is 0 Å². The minimum absolute atomic E-state index is 0.134. The van der Waals surface area contributed by atoms with Crippen molar-refractivity contribution in [2.24, 2.45) is 0 Å². The molecule has 0 aromatic rings. The van der Waals surface area contributed by atoms with Crippen molar-refractivity contribution in [1.29, 1.82) is 0 Å². The van der Waals surface area contributed by atoms with Gasteiger partial charge in [-0.25, -0.2) is 0 Å². The van der Waals surface area contributed by atoms with Crippen molar-refractivity contribution in [2.45, 2.75) is 26.2 Å². The molecule has 4 nitrogen and oxygen atoms in total. The second-order valence-corrected chi connectivity index (χ2v) is 2.79. The minimum Gasteiger partial charge on any atom is -0.463 e. The van der Waals surface area contributed by atoms with Gasteiger partial charge in [0.2, 0.25) is 0 Å². The van der Waals surface area contributed by atoms with Crippen LogP contribution < -0.4 is 0 Å². The zero-order valence-electron chi connectivity index (χ0n) is 7.86. The standard InChI is InChI=1S/C9H14O4/c1-3-4-9-12-6-8(13-9)5-11-7(2)10/h3-4,8-9H,5-6H2,1-2H3/b4-3+/t8-,9-/m0/s1. The molecule has 1 aliphatic rings. The van der Waals surface area contributed by atoms with E-state index in [1.807, 2.05) is 19.1 Å². The summed E-state index contributed by atoms with van der Waals surface area (Å²) in [6.45, 7) is 4.01. The number of allylic oxidation sites excluding steroid dienone is 1. The molecule has 0 aliphatic carbocycles. The highest BCUT2D eigenvalue weighted by Gasteiger charge is 2.24. The Labute approximate surface area is 77.5 Å².